The Balaban J connectivity index is 2.37. The number of nitrogens with zero attached hydrogens (tertiary/aromatic N) is 2. The van der Waals surface area contributed by atoms with E-state index >= 15 is 0 Å². The first-order chi connectivity index (χ1) is 8.10. The molecule has 0 aliphatic heterocycles. The number of aromatic nitrogens is 2. The number of halogens is 2. The van der Waals surface area contributed by atoms with Crippen LogP contribution in [0.2, 0.25) is 0 Å². The average Bonchev–Trinajstić information content (AvgIpc) is 2.67. The van der Waals surface area contributed by atoms with Crippen LogP contribution in [0.15, 0.2) is 24.4 Å². The number of carbonyl (C=O) groups excluding carboxylic acids is 1. The van der Waals surface area contributed by atoms with E-state index in [1.807, 2.05) is 0 Å². The molecule has 90 valence electrons. The Morgan fingerprint density at radius 3 is 2.94 bits per heavy atom. The van der Waals surface area contributed by atoms with Crippen molar-refractivity contribution in [1.29, 1.82) is 0 Å². The monoisotopic (exact) mass is 240 g/mol. The summed E-state index contributed by atoms with van der Waals surface area (Å²) >= 11 is 0. The minimum Gasteiger partial charge on any atom is -0.465 e. The van der Waals surface area contributed by atoms with Crippen LogP contribution >= 0.6 is 0 Å². The number of esters is 1. The topological polar surface area (TPSA) is 44.1 Å². The van der Waals surface area contributed by atoms with Crippen LogP contribution in [-0.4, -0.2) is 29.3 Å². The number of alkyl halides is 2. The van der Waals surface area contributed by atoms with Crippen LogP contribution in [0.1, 0.15) is 10.4 Å². The minimum atomic E-state index is -2.45. The van der Waals surface area contributed by atoms with Crippen LogP contribution in [0.3, 0.4) is 0 Å². The second-order valence-corrected chi connectivity index (χ2v) is 3.51. The summed E-state index contributed by atoms with van der Waals surface area (Å²) in [5, 5.41) is 4.67. The van der Waals surface area contributed by atoms with Gasteiger partial charge in [0.2, 0.25) is 0 Å². The summed E-state index contributed by atoms with van der Waals surface area (Å²) in [4.78, 5) is 11.3. The molecule has 0 bridgehead atoms. The smallest absolute Gasteiger partial charge is 0.337 e. The average molecular weight is 240 g/mol. The first-order valence-corrected chi connectivity index (χ1v) is 4.94. The van der Waals surface area contributed by atoms with Gasteiger partial charge in [0.25, 0.3) is 6.43 Å². The van der Waals surface area contributed by atoms with E-state index in [1.165, 1.54) is 19.4 Å². The van der Waals surface area contributed by atoms with Crippen molar-refractivity contribution in [3.05, 3.63) is 30.0 Å². The Bertz CT molecular complexity index is 551. The fraction of sp³-hybridized carbons (Fsp3) is 0.273. The molecule has 6 heteroatoms. The van der Waals surface area contributed by atoms with Gasteiger partial charge in [-0.25, -0.2) is 13.6 Å². The molecule has 0 atom stereocenters. The van der Waals surface area contributed by atoms with E-state index in [1.54, 1.807) is 12.1 Å². The van der Waals surface area contributed by atoms with Crippen molar-refractivity contribution in [3.8, 4) is 0 Å². The third kappa shape index (κ3) is 2.41. The summed E-state index contributed by atoms with van der Waals surface area (Å²) < 4.78 is 30.1. The van der Waals surface area contributed by atoms with Gasteiger partial charge < -0.3 is 4.74 Å². The van der Waals surface area contributed by atoms with Crippen LogP contribution in [0.4, 0.5) is 8.78 Å². The van der Waals surface area contributed by atoms with Crippen molar-refractivity contribution in [1.82, 2.24) is 9.78 Å². The van der Waals surface area contributed by atoms with E-state index in [0.717, 1.165) is 4.68 Å². The quantitative estimate of drug-likeness (QED) is 0.771. The van der Waals surface area contributed by atoms with Gasteiger partial charge in [-0.3, -0.25) is 4.68 Å². The van der Waals surface area contributed by atoms with Crippen LogP contribution in [0.25, 0.3) is 10.9 Å². The Morgan fingerprint density at radius 2 is 2.29 bits per heavy atom. The highest BCUT2D eigenvalue weighted by Gasteiger charge is 2.10. The molecule has 1 aromatic carbocycles. The first kappa shape index (κ1) is 11.5. The lowest BCUT2D eigenvalue weighted by Crippen LogP contribution is -2.06. The van der Waals surface area contributed by atoms with Crippen molar-refractivity contribution in [3.63, 3.8) is 0 Å². The molecule has 0 spiro atoms. The van der Waals surface area contributed by atoms with Crippen LogP contribution < -0.4 is 0 Å². The zero-order chi connectivity index (χ0) is 12.4. The SMILES string of the molecule is COC(=O)c1ccc2cn(CC(F)F)nc2c1. The fourth-order valence-corrected chi connectivity index (χ4v) is 1.55. The molecule has 0 aliphatic rings. The van der Waals surface area contributed by atoms with Gasteiger partial charge in [0.1, 0.15) is 6.54 Å². The number of ether oxygens (including phenoxy) is 1. The van der Waals surface area contributed by atoms with Crippen LogP contribution in [0, 0.1) is 0 Å². The molecule has 0 amide bonds. The molecule has 2 rings (SSSR count). The van der Waals surface area contributed by atoms with Crippen molar-refractivity contribution < 1.29 is 18.3 Å². The number of carbonyl (C=O) groups is 1. The van der Waals surface area contributed by atoms with Crippen LogP contribution in [-0.2, 0) is 11.3 Å². The van der Waals surface area contributed by atoms with Gasteiger partial charge in [-0.2, -0.15) is 5.10 Å². The van der Waals surface area contributed by atoms with E-state index < -0.39 is 18.9 Å². The molecule has 0 unspecified atom stereocenters. The molecule has 4 nitrogen and oxygen atoms in total. The zero-order valence-corrected chi connectivity index (χ0v) is 9.06. The van der Waals surface area contributed by atoms with E-state index in [4.69, 9.17) is 0 Å². The van der Waals surface area contributed by atoms with E-state index in [-0.39, 0.29) is 0 Å². The molecule has 0 saturated carbocycles. The second-order valence-electron chi connectivity index (χ2n) is 3.51. The summed E-state index contributed by atoms with van der Waals surface area (Å²) in [6.07, 6.45) is -0.938. The maximum absolute atomic E-state index is 12.2. The first-order valence-electron chi connectivity index (χ1n) is 4.94. The third-order valence-electron chi connectivity index (χ3n) is 2.30. The standard InChI is InChI=1S/C11H10F2N2O2/c1-17-11(16)7-2-3-8-5-15(6-10(12)13)14-9(8)4-7/h2-5,10H,6H2,1H3. The number of methoxy groups -OCH3 is 1. The highest BCUT2D eigenvalue weighted by atomic mass is 19.3. The summed E-state index contributed by atoms with van der Waals surface area (Å²) in [5.41, 5.74) is 0.843. The normalized spacial score (nSPS) is 11.1. The summed E-state index contributed by atoms with van der Waals surface area (Å²) in [7, 11) is 1.28. The lowest BCUT2D eigenvalue weighted by molar-refractivity contribution is 0.0601. The van der Waals surface area contributed by atoms with Gasteiger partial charge in [-0.1, -0.05) is 6.07 Å². The largest absolute Gasteiger partial charge is 0.465 e. The van der Waals surface area contributed by atoms with Gasteiger partial charge in [0, 0.05) is 11.6 Å². The molecule has 0 radical (unpaired) electrons. The number of hydrogen-bond acceptors (Lipinski definition) is 3. The van der Waals surface area contributed by atoms with E-state index in [2.05, 4.69) is 9.84 Å². The van der Waals surface area contributed by atoms with Crippen molar-refractivity contribution in [2.45, 2.75) is 13.0 Å². The van der Waals surface area contributed by atoms with E-state index in [9.17, 15) is 13.6 Å². The molecule has 0 N–H and O–H groups in total. The van der Waals surface area contributed by atoms with Gasteiger partial charge >= 0.3 is 5.97 Å². The van der Waals surface area contributed by atoms with Crippen LogP contribution in [0.5, 0.6) is 0 Å². The number of benzene rings is 1. The van der Waals surface area contributed by atoms with Gasteiger partial charge in [0.15, 0.2) is 0 Å². The molecule has 1 heterocycles. The summed E-state index contributed by atoms with van der Waals surface area (Å²) in [5.74, 6) is -0.477. The second kappa shape index (κ2) is 4.48. The molecular weight excluding hydrogens is 230 g/mol. The number of rotatable bonds is 3. The fourth-order valence-electron chi connectivity index (χ4n) is 1.55. The molecule has 0 saturated heterocycles. The van der Waals surface area contributed by atoms with Crippen molar-refractivity contribution in [2.24, 2.45) is 0 Å². The van der Waals surface area contributed by atoms with E-state index in [0.29, 0.717) is 16.5 Å². The Kier molecular flexibility index (Phi) is 3.03. The predicted octanol–water partition coefficient (Wildman–Crippen LogP) is 2.09. The molecule has 17 heavy (non-hydrogen) atoms. The highest BCUT2D eigenvalue weighted by Crippen LogP contribution is 2.15. The Hall–Kier alpha value is -1.98. The third-order valence-corrected chi connectivity index (χ3v) is 2.30. The summed E-state index contributed by atoms with van der Waals surface area (Å²) in [6.45, 7) is -0.456. The number of fused-ring (bicyclic) bond motifs is 1. The molecular formula is C11H10F2N2O2. The lowest BCUT2D eigenvalue weighted by atomic mass is 10.2. The Morgan fingerprint density at radius 1 is 1.53 bits per heavy atom. The summed E-state index contributed by atoms with van der Waals surface area (Å²) in [6, 6.07) is 4.74. The highest BCUT2D eigenvalue weighted by molar-refractivity contribution is 5.94. The Labute approximate surface area is 95.8 Å². The number of hydrogen-bond donors (Lipinski definition) is 0. The molecule has 1 aromatic heterocycles. The maximum Gasteiger partial charge on any atom is 0.337 e. The minimum absolute atomic E-state index is 0.349. The molecule has 0 fully saturated rings. The zero-order valence-electron chi connectivity index (χ0n) is 9.06. The molecule has 0 aliphatic carbocycles. The van der Waals surface area contributed by atoms with Crippen molar-refractivity contribution >= 4 is 16.9 Å². The lowest BCUT2D eigenvalue weighted by Gasteiger charge is -1.97. The maximum atomic E-state index is 12.2. The van der Waals surface area contributed by atoms with Crippen molar-refractivity contribution in [2.75, 3.05) is 7.11 Å². The van der Waals surface area contributed by atoms with Gasteiger partial charge in [-0.05, 0) is 12.1 Å². The van der Waals surface area contributed by atoms with Gasteiger partial charge in [-0.15, -0.1) is 0 Å². The van der Waals surface area contributed by atoms with Gasteiger partial charge in [0.05, 0.1) is 18.2 Å². The predicted molar refractivity (Wildman–Crippen MR) is 57.1 cm³/mol. The molecule has 2 aromatic rings.